The average molecular weight is 287 g/mol. The Hall–Kier alpha value is -1.41. The van der Waals surface area contributed by atoms with E-state index in [9.17, 15) is 18.3 Å². The maximum Gasteiger partial charge on any atom is 0.324 e. The molecule has 106 valence electrons. The summed E-state index contributed by atoms with van der Waals surface area (Å²) in [6, 6.07) is 0. The zero-order chi connectivity index (χ0) is 14.4. The van der Waals surface area contributed by atoms with E-state index in [-0.39, 0.29) is 4.90 Å². The van der Waals surface area contributed by atoms with Crippen LogP contribution in [-0.2, 0) is 21.9 Å². The highest BCUT2D eigenvalue weighted by molar-refractivity contribution is 7.89. The van der Waals surface area contributed by atoms with Crippen molar-refractivity contribution in [2.45, 2.75) is 43.5 Å². The van der Waals surface area contributed by atoms with Crippen LogP contribution in [0.5, 0.6) is 0 Å². The number of carboxylic acid groups (broad SMARTS) is 1. The van der Waals surface area contributed by atoms with E-state index in [4.69, 9.17) is 0 Å². The van der Waals surface area contributed by atoms with Crippen LogP contribution in [-0.4, -0.2) is 34.8 Å². The number of hydrogen-bond donors (Lipinski definition) is 2. The van der Waals surface area contributed by atoms with E-state index in [1.807, 2.05) is 0 Å². The van der Waals surface area contributed by atoms with Crippen molar-refractivity contribution >= 4 is 16.0 Å². The summed E-state index contributed by atoms with van der Waals surface area (Å²) in [6.45, 7) is 3.23. The molecule has 1 fully saturated rings. The number of rotatable bonds is 4. The maximum absolute atomic E-state index is 12.4. The van der Waals surface area contributed by atoms with Crippen LogP contribution in [0.4, 0.5) is 0 Å². The summed E-state index contributed by atoms with van der Waals surface area (Å²) in [6.07, 6.45) is 1.35. The van der Waals surface area contributed by atoms with Crippen LogP contribution in [0, 0.1) is 13.8 Å². The number of hydrogen-bond acceptors (Lipinski definition) is 4. The first-order chi connectivity index (χ1) is 8.69. The normalized spacial score (nSPS) is 18.1. The van der Waals surface area contributed by atoms with Crippen LogP contribution in [0.1, 0.15) is 30.7 Å². The fourth-order valence-corrected chi connectivity index (χ4v) is 4.20. The molecule has 7 nitrogen and oxygen atoms in total. The van der Waals surface area contributed by atoms with Gasteiger partial charge in [-0.1, -0.05) is 0 Å². The number of aryl methyl sites for hydroxylation is 2. The Kier molecular flexibility index (Phi) is 3.18. The van der Waals surface area contributed by atoms with E-state index in [2.05, 4.69) is 9.82 Å². The lowest BCUT2D eigenvalue weighted by Gasteiger charge is -2.37. The Bertz CT molecular complexity index is 629. The zero-order valence-corrected chi connectivity index (χ0v) is 11.9. The van der Waals surface area contributed by atoms with Crippen molar-refractivity contribution in [3.8, 4) is 0 Å². The van der Waals surface area contributed by atoms with E-state index in [0.717, 1.165) is 0 Å². The van der Waals surface area contributed by atoms with E-state index in [1.165, 1.54) is 4.68 Å². The van der Waals surface area contributed by atoms with Crippen LogP contribution >= 0.6 is 0 Å². The number of nitrogens with zero attached hydrogens (tertiary/aromatic N) is 2. The Balaban J connectivity index is 2.41. The molecular weight excluding hydrogens is 270 g/mol. The van der Waals surface area contributed by atoms with Crippen LogP contribution in [0.2, 0.25) is 0 Å². The standard InChI is InChI=1S/C11H17N3O4S/c1-7-9(8(2)14(3)12-7)19(17,18)13-11(10(15)16)5-4-6-11/h13H,4-6H2,1-3H3,(H,15,16). The third kappa shape index (κ3) is 2.14. The van der Waals surface area contributed by atoms with Crippen molar-refractivity contribution in [1.29, 1.82) is 0 Å². The topological polar surface area (TPSA) is 101 Å². The van der Waals surface area contributed by atoms with Crippen molar-refractivity contribution in [2.75, 3.05) is 0 Å². The molecular formula is C11H17N3O4S. The van der Waals surface area contributed by atoms with Crippen molar-refractivity contribution < 1.29 is 18.3 Å². The molecule has 1 aromatic rings. The molecule has 1 aliphatic rings. The first-order valence-corrected chi connectivity index (χ1v) is 7.45. The van der Waals surface area contributed by atoms with Crippen LogP contribution in [0.3, 0.4) is 0 Å². The minimum absolute atomic E-state index is 0.0718. The van der Waals surface area contributed by atoms with Gasteiger partial charge in [-0.3, -0.25) is 9.48 Å². The molecule has 0 bridgehead atoms. The highest BCUT2D eigenvalue weighted by Crippen LogP contribution is 2.34. The number of carboxylic acids is 1. The molecule has 0 aromatic carbocycles. The Morgan fingerprint density at radius 3 is 2.32 bits per heavy atom. The molecule has 19 heavy (non-hydrogen) atoms. The smallest absolute Gasteiger partial charge is 0.324 e. The highest BCUT2D eigenvalue weighted by atomic mass is 32.2. The summed E-state index contributed by atoms with van der Waals surface area (Å²) in [5, 5.41) is 13.2. The molecule has 0 aliphatic heterocycles. The lowest BCUT2D eigenvalue weighted by Crippen LogP contribution is -2.59. The van der Waals surface area contributed by atoms with Gasteiger partial charge in [0, 0.05) is 7.05 Å². The molecule has 0 amide bonds. The van der Waals surface area contributed by atoms with E-state index >= 15 is 0 Å². The molecule has 0 spiro atoms. The second kappa shape index (κ2) is 4.31. The molecule has 2 N–H and O–H groups in total. The molecule has 0 saturated heterocycles. The van der Waals surface area contributed by atoms with Gasteiger partial charge in [0.25, 0.3) is 0 Å². The summed E-state index contributed by atoms with van der Waals surface area (Å²) in [5.74, 6) is -1.12. The van der Waals surface area contributed by atoms with Gasteiger partial charge in [-0.15, -0.1) is 0 Å². The summed E-state index contributed by atoms with van der Waals surface area (Å²) in [4.78, 5) is 11.3. The summed E-state index contributed by atoms with van der Waals surface area (Å²) in [7, 11) is -2.23. The summed E-state index contributed by atoms with van der Waals surface area (Å²) < 4.78 is 28.6. The van der Waals surface area contributed by atoms with E-state index in [0.29, 0.717) is 30.7 Å². The number of aromatic nitrogens is 2. The molecule has 2 rings (SSSR count). The SMILES string of the molecule is Cc1nn(C)c(C)c1S(=O)(=O)NC1(C(=O)O)CCC1. The molecule has 1 aromatic heterocycles. The molecule has 0 unspecified atom stereocenters. The van der Waals surface area contributed by atoms with Gasteiger partial charge < -0.3 is 5.11 Å². The molecule has 0 radical (unpaired) electrons. The minimum atomic E-state index is -3.88. The Morgan fingerprint density at radius 1 is 1.42 bits per heavy atom. The first-order valence-electron chi connectivity index (χ1n) is 5.97. The molecule has 0 atom stereocenters. The number of sulfonamides is 1. The van der Waals surface area contributed by atoms with Gasteiger partial charge in [0.2, 0.25) is 10.0 Å². The summed E-state index contributed by atoms with van der Waals surface area (Å²) in [5.41, 5.74) is -0.495. The van der Waals surface area contributed by atoms with Crippen LogP contribution in [0.25, 0.3) is 0 Å². The number of carbonyl (C=O) groups is 1. The zero-order valence-electron chi connectivity index (χ0n) is 11.1. The molecule has 1 aliphatic carbocycles. The van der Waals surface area contributed by atoms with Crippen molar-refractivity contribution in [1.82, 2.24) is 14.5 Å². The largest absolute Gasteiger partial charge is 0.480 e. The van der Waals surface area contributed by atoms with Crippen molar-refractivity contribution in [2.24, 2.45) is 7.05 Å². The molecule has 1 saturated carbocycles. The van der Waals surface area contributed by atoms with E-state index < -0.39 is 21.5 Å². The average Bonchev–Trinajstić information content (AvgIpc) is 2.47. The first kappa shape index (κ1) is 14.0. The van der Waals surface area contributed by atoms with E-state index in [1.54, 1.807) is 20.9 Å². The van der Waals surface area contributed by atoms with Gasteiger partial charge in [0.1, 0.15) is 10.4 Å². The maximum atomic E-state index is 12.4. The number of nitrogens with one attached hydrogen (secondary N) is 1. The quantitative estimate of drug-likeness (QED) is 0.830. The molecule has 1 heterocycles. The predicted molar refractivity (Wildman–Crippen MR) is 67.2 cm³/mol. The van der Waals surface area contributed by atoms with Crippen LogP contribution in [0.15, 0.2) is 4.90 Å². The van der Waals surface area contributed by atoms with Gasteiger partial charge in [-0.2, -0.15) is 9.82 Å². The van der Waals surface area contributed by atoms with Gasteiger partial charge in [-0.25, -0.2) is 8.42 Å². The third-order valence-corrected chi connectivity index (χ3v) is 5.45. The second-order valence-electron chi connectivity index (χ2n) is 4.97. The van der Waals surface area contributed by atoms with Gasteiger partial charge >= 0.3 is 5.97 Å². The fourth-order valence-electron chi connectivity index (χ4n) is 2.34. The Morgan fingerprint density at radius 2 is 2.00 bits per heavy atom. The lowest BCUT2D eigenvalue weighted by molar-refractivity contribution is -0.147. The van der Waals surface area contributed by atoms with Crippen LogP contribution < -0.4 is 4.72 Å². The minimum Gasteiger partial charge on any atom is -0.480 e. The lowest BCUT2D eigenvalue weighted by atomic mass is 9.78. The highest BCUT2D eigenvalue weighted by Gasteiger charge is 2.48. The van der Waals surface area contributed by atoms with Gasteiger partial charge in [-0.05, 0) is 33.1 Å². The third-order valence-electron chi connectivity index (χ3n) is 3.66. The van der Waals surface area contributed by atoms with Gasteiger partial charge in [0.05, 0.1) is 11.4 Å². The van der Waals surface area contributed by atoms with Gasteiger partial charge in [0.15, 0.2) is 0 Å². The van der Waals surface area contributed by atoms with Crippen molar-refractivity contribution in [3.05, 3.63) is 11.4 Å². The molecule has 8 heteroatoms. The monoisotopic (exact) mass is 287 g/mol. The van der Waals surface area contributed by atoms with Crippen molar-refractivity contribution in [3.63, 3.8) is 0 Å². The summed E-state index contributed by atoms with van der Waals surface area (Å²) >= 11 is 0. The second-order valence-corrected chi connectivity index (χ2v) is 6.59. The number of aliphatic carboxylic acids is 1. The Labute approximate surface area is 111 Å². The predicted octanol–water partition coefficient (Wildman–Crippen LogP) is 0.323. The fraction of sp³-hybridized carbons (Fsp3) is 0.636.